The van der Waals surface area contributed by atoms with E-state index in [0.29, 0.717) is 31.2 Å². The van der Waals surface area contributed by atoms with E-state index in [-0.39, 0.29) is 9.92 Å². The molecule has 0 bridgehead atoms. The van der Waals surface area contributed by atoms with E-state index in [1.54, 1.807) is 17.4 Å². The third-order valence-electron chi connectivity index (χ3n) is 4.83. The molecule has 0 spiro atoms. The first-order chi connectivity index (χ1) is 13.8. The minimum absolute atomic E-state index is 0.0907. The summed E-state index contributed by atoms with van der Waals surface area (Å²) in [6.07, 6.45) is 0. The third-order valence-corrected chi connectivity index (χ3v) is 8.34. The van der Waals surface area contributed by atoms with Crippen LogP contribution in [-0.4, -0.2) is 43.9 Å². The van der Waals surface area contributed by atoms with Crippen LogP contribution in [-0.2, 0) is 10.0 Å². The Morgan fingerprint density at radius 3 is 2.48 bits per heavy atom. The second kappa shape index (κ2) is 8.24. The lowest BCUT2D eigenvalue weighted by Crippen LogP contribution is -2.48. The van der Waals surface area contributed by atoms with Crippen molar-refractivity contribution in [3.8, 4) is 11.3 Å². The monoisotopic (exact) mass is 467 g/mol. The fourth-order valence-electron chi connectivity index (χ4n) is 3.29. The Bertz CT molecular complexity index is 1140. The highest BCUT2D eigenvalue weighted by Crippen LogP contribution is 2.31. The lowest BCUT2D eigenvalue weighted by Gasteiger charge is -2.33. The molecule has 9 heteroatoms. The lowest BCUT2D eigenvalue weighted by molar-refractivity contribution is 0.385. The quantitative estimate of drug-likeness (QED) is 0.545. The molecule has 1 fully saturated rings. The molecule has 0 N–H and O–H groups in total. The number of thiazole rings is 1. The van der Waals surface area contributed by atoms with Gasteiger partial charge in [0.2, 0.25) is 10.0 Å². The molecule has 2 aromatic carbocycles. The molecule has 152 valence electrons. The maximum Gasteiger partial charge on any atom is 0.244 e. The van der Waals surface area contributed by atoms with Gasteiger partial charge >= 0.3 is 0 Å². The number of aryl methyl sites for hydroxylation is 1. The summed E-state index contributed by atoms with van der Waals surface area (Å²) in [5.74, 6) is 0. The second-order valence-electron chi connectivity index (χ2n) is 6.85. The molecule has 1 aliphatic heterocycles. The van der Waals surface area contributed by atoms with Gasteiger partial charge in [0.25, 0.3) is 0 Å². The van der Waals surface area contributed by atoms with Gasteiger partial charge < -0.3 is 4.90 Å². The number of halogens is 2. The zero-order valence-corrected chi connectivity index (χ0v) is 18.8. The minimum Gasteiger partial charge on any atom is -0.345 e. The fourth-order valence-corrected chi connectivity index (χ4v) is 6.35. The van der Waals surface area contributed by atoms with Crippen LogP contribution in [0.4, 0.5) is 5.13 Å². The molecule has 1 saturated heterocycles. The molecule has 29 heavy (non-hydrogen) atoms. The molecule has 2 heterocycles. The van der Waals surface area contributed by atoms with Crippen LogP contribution in [0.2, 0.25) is 10.0 Å². The van der Waals surface area contributed by atoms with Crippen molar-refractivity contribution in [1.29, 1.82) is 0 Å². The van der Waals surface area contributed by atoms with Crippen LogP contribution in [0.25, 0.3) is 11.3 Å². The maximum absolute atomic E-state index is 13.0. The normalized spacial score (nSPS) is 15.6. The summed E-state index contributed by atoms with van der Waals surface area (Å²) in [6.45, 7) is 3.96. The van der Waals surface area contributed by atoms with Crippen molar-refractivity contribution in [3.63, 3.8) is 0 Å². The smallest absolute Gasteiger partial charge is 0.244 e. The van der Waals surface area contributed by atoms with Crippen molar-refractivity contribution < 1.29 is 8.42 Å². The van der Waals surface area contributed by atoms with Gasteiger partial charge in [-0.05, 0) is 31.2 Å². The molecule has 3 aromatic rings. The van der Waals surface area contributed by atoms with Gasteiger partial charge in [-0.15, -0.1) is 11.3 Å². The Kier molecular flexibility index (Phi) is 5.86. The van der Waals surface area contributed by atoms with Gasteiger partial charge in [-0.25, -0.2) is 13.4 Å². The Morgan fingerprint density at radius 2 is 1.79 bits per heavy atom. The maximum atomic E-state index is 13.0. The Hall–Kier alpha value is -1.64. The number of hydrogen-bond donors (Lipinski definition) is 0. The van der Waals surface area contributed by atoms with Crippen molar-refractivity contribution in [2.45, 2.75) is 11.8 Å². The van der Waals surface area contributed by atoms with Crippen molar-refractivity contribution in [3.05, 3.63) is 63.5 Å². The van der Waals surface area contributed by atoms with Crippen LogP contribution < -0.4 is 4.90 Å². The zero-order valence-electron chi connectivity index (χ0n) is 15.7. The van der Waals surface area contributed by atoms with Crippen molar-refractivity contribution >= 4 is 49.7 Å². The van der Waals surface area contributed by atoms with Crippen LogP contribution in [0, 0.1) is 6.92 Å². The molecule has 1 aromatic heterocycles. The predicted octanol–water partition coefficient (Wildman–Crippen LogP) is 4.94. The van der Waals surface area contributed by atoms with Crippen LogP contribution in [0.15, 0.2) is 52.7 Å². The molecule has 4 rings (SSSR count). The van der Waals surface area contributed by atoms with E-state index in [9.17, 15) is 8.42 Å². The van der Waals surface area contributed by atoms with Crippen molar-refractivity contribution in [2.75, 3.05) is 31.1 Å². The molecule has 0 radical (unpaired) electrons. The van der Waals surface area contributed by atoms with E-state index >= 15 is 0 Å². The molecular formula is C20H19Cl2N3O2S2. The van der Waals surface area contributed by atoms with Gasteiger partial charge in [-0.1, -0.05) is 47.0 Å². The average Bonchev–Trinajstić information content (AvgIpc) is 3.18. The SMILES string of the molecule is Cc1cccc(-c2csc(N3CCN(S(=O)(=O)c4ccc(Cl)cc4Cl)CC3)n2)c1. The second-order valence-corrected chi connectivity index (χ2v) is 10.4. The van der Waals surface area contributed by atoms with Gasteiger partial charge in [0, 0.05) is 42.1 Å². The lowest BCUT2D eigenvalue weighted by atomic mass is 10.1. The summed E-state index contributed by atoms with van der Waals surface area (Å²) in [5, 5.41) is 3.50. The Morgan fingerprint density at radius 1 is 1.03 bits per heavy atom. The van der Waals surface area contributed by atoms with Crippen molar-refractivity contribution in [1.82, 2.24) is 9.29 Å². The number of benzene rings is 2. The number of nitrogens with zero attached hydrogens (tertiary/aromatic N) is 3. The zero-order chi connectivity index (χ0) is 20.6. The number of sulfonamides is 1. The van der Waals surface area contributed by atoms with Gasteiger partial charge in [0.1, 0.15) is 4.90 Å². The summed E-state index contributed by atoms with van der Waals surface area (Å²) < 4.78 is 27.4. The fraction of sp³-hybridized carbons (Fsp3) is 0.250. The molecular weight excluding hydrogens is 449 g/mol. The highest BCUT2D eigenvalue weighted by Gasteiger charge is 2.31. The molecule has 0 atom stereocenters. The largest absolute Gasteiger partial charge is 0.345 e. The number of anilines is 1. The number of piperazine rings is 1. The molecule has 0 saturated carbocycles. The summed E-state index contributed by atoms with van der Waals surface area (Å²) in [5.41, 5.74) is 3.22. The van der Waals surface area contributed by atoms with E-state index in [2.05, 4.69) is 24.0 Å². The summed E-state index contributed by atoms with van der Waals surface area (Å²) in [6, 6.07) is 12.7. The summed E-state index contributed by atoms with van der Waals surface area (Å²) in [7, 11) is -3.66. The Balaban J connectivity index is 1.47. The first kappa shape index (κ1) is 20.6. The molecule has 0 amide bonds. The van der Waals surface area contributed by atoms with Crippen LogP contribution in [0.5, 0.6) is 0 Å². The Labute approximate surface area is 184 Å². The average molecular weight is 468 g/mol. The molecule has 0 aliphatic carbocycles. The van der Waals surface area contributed by atoms with Crippen molar-refractivity contribution in [2.24, 2.45) is 0 Å². The third kappa shape index (κ3) is 4.29. The van der Waals surface area contributed by atoms with E-state index in [4.69, 9.17) is 28.2 Å². The van der Waals surface area contributed by atoms with Gasteiger partial charge in [0.05, 0.1) is 10.7 Å². The van der Waals surface area contributed by atoms with E-state index in [1.807, 2.05) is 17.5 Å². The topological polar surface area (TPSA) is 53.5 Å². The minimum atomic E-state index is -3.66. The number of hydrogen-bond acceptors (Lipinski definition) is 5. The van der Waals surface area contributed by atoms with Gasteiger partial charge in [-0.3, -0.25) is 0 Å². The highest BCUT2D eigenvalue weighted by molar-refractivity contribution is 7.89. The van der Waals surface area contributed by atoms with Crippen LogP contribution >= 0.6 is 34.5 Å². The highest BCUT2D eigenvalue weighted by atomic mass is 35.5. The number of aromatic nitrogens is 1. The van der Waals surface area contributed by atoms with E-state index in [0.717, 1.165) is 16.4 Å². The molecule has 5 nitrogen and oxygen atoms in total. The molecule has 0 unspecified atom stereocenters. The van der Waals surface area contributed by atoms with E-state index in [1.165, 1.54) is 22.0 Å². The van der Waals surface area contributed by atoms with Crippen LogP contribution in [0.3, 0.4) is 0 Å². The first-order valence-electron chi connectivity index (χ1n) is 9.07. The first-order valence-corrected chi connectivity index (χ1v) is 12.1. The summed E-state index contributed by atoms with van der Waals surface area (Å²) >= 11 is 13.6. The van der Waals surface area contributed by atoms with E-state index < -0.39 is 10.0 Å². The van der Waals surface area contributed by atoms with Gasteiger partial charge in [0.15, 0.2) is 5.13 Å². The van der Waals surface area contributed by atoms with Gasteiger partial charge in [-0.2, -0.15) is 4.31 Å². The predicted molar refractivity (Wildman–Crippen MR) is 120 cm³/mol. The van der Waals surface area contributed by atoms with Crippen LogP contribution in [0.1, 0.15) is 5.56 Å². The summed E-state index contributed by atoms with van der Waals surface area (Å²) in [4.78, 5) is 6.97. The number of rotatable bonds is 4. The molecule has 1 aliphatic rings. The standard InChI is InChI=1S/C20H19Cl2N3O2S2/c1-14-3-2-4-15(11-14)18-13-28-20(23-18)24-7-9-25(10-8-24)29(26,27)19-6-5-16(21)12-17(19)22/h2-6,11-13H,7-10H2,1H3.